The van der Waals surface area contributed by atoms with Crippen LogP contribution in [-0.4, -0.2) is 19.4 Å². The molecule has 7 heteroatoms. The summed E-state index contributed by atoms with van der Waals surface area (Å²) in [5.74, 6) is -0.623. The number of hydrogen-bond acceptors (Lipinski definition) is 4. The monoisotopic (exact) mass is 306 g/mol. The lowest BCUT2D eigenvalue weighted by atomic mass is 10.2. The fraction of sp³-hybridized carbons (Fsp3) is 0.0714. The van der Waals surface area contributed by atoms with Gasteiger partial charge in [-0.3, -0.25) is 9.52 Å². The molecular formula is C14H14N2O4S. The second-order valence-electron chi connectivity index (χ2n) is 4.35. The molecule has 1 amide bonds. The summed E-state index contributed by atoms with van der Waals surface area (Å²) in [6.45, 7) is -0.178. The van der Waals surface area contributed by atoms with Gasteiger partial charge in [-0.1, -0.05) is 12.1 Å². The van der Waals surface area contributed by atoms with Gasteiger partial charge in [-0.05, 0) is 42.0 Å². The van der Waals surface area contributed by atoms with Gasteiger partial charge in [-0.2, -0.15) is 0 Å². The highest BCUT2D eigenvalue weighted by molar-refractivity contribution is 7.92. The summed E-state index contributed by atoms with van der Waals surface area (Å²) in [7, 11) is -3.76. The third-order valence-corrected chi connectivity index (χ3v) is 4.21. The molecule has 0 atom stereocenters. The van der Waals surface area contributed by atoms with Crippen LogP contribution in [0.3, 0.4) is 0 Å². The summed E-state index contributed by atoms with van der Waals surface area (Å²) < 4.78 is 26.8. The van der Waals surface area contributed by atoms with Gasteiger partial charge in [0.1, 0.15) is 0 Å². The Labute approximate surface area is 122 Å². The highest BCUT2D eigenvalue weighted by atomic mass is 32.2. The zero-order valence-corrected chi connectivity index (χ0v) is 11.8. The van der Waals surface area contributed by atoms with Gasteiger partial charge in [0.15, 0.2) is 0 Å². The SMILES string of the molecule is NC(=O)c1ccc(S(=O)(=O)Nc2cccc(CO)c2)cc1. The quantitative estimate of drug-likeness (QED) is 0.767. The summed E-state index contributed by atoms with van der Waals surface area (Å²) in [4.78, 5) is 11.0. The smallest absolute Gasteiger partial charge is 0.261 e. The van der Waals surface area contributed by atoms with E-state index in [4.69, 9.17) is 10.8 Å². The molecule has 0 fully saturated rings. The number of benzene rings is 2. The van der Waals surface area contributed by atoms with Gasteiger partial charge in [0.05, 0.1) is 11.5 Å². The zero-order valence-electron chi connectivity index (χ0n) is 11.0. The standard InChI is InChI=1S/C14H14N2O4S/c15-14(18)11-4-6-13(7-5-11)21(19,20)16-12-3-1-2-10(8-12)9-17/h1-8,16-17H,9H2,(H2,15,18). The van der Waals surface area contributed by atoms with Crippen LogP contribution in [-0.2, 0) is 16.6 Å². The Balaban J connectivity index is 2.27. The molecule has 0 radical (unpaired) electrons. The highest BCUT2D eigenvalue weighted by Crippen LogP contribution is 2.17. The Morgan fingerprint density at radius 3 is 2.38 bits per heavy atom. The van der Waals surface area contributed by atoms with Crippen LogP contribution in [0.2, 0.25) is 0 Å². The molecule has 2 aromatic rings. The van der Waals surface area contributed by atoms with Crippen LogP contribution in [0.4, 0.5) is 5.69 Å². The highest BCUT2D eigenvalue weighted by Gasteiger charge is 2.14. The number of hydrogen-bond donors (Lipinski definition) is 3. The minimum Gasteiger partial charge on any atom is -0.392 e. The first-order chi connectivity index (χ1) is 9.92. The normalized spacial score (nSPS) is 11.1. The molecule has 6 nitrogen and oxygen atoms in total. The summed E-state index contributed by atoms with van der Waals surface area (Å²) in [5.41, 5.74) is 6.28. The number of carbonyl (C=O) groups is 1. The lowest BCUT2D eigenvalue weighted by molar-refractivity contribution is 0.1000. The van der Waals surface area contributed by atoms with Gasteiger partial charge >= 0.3 is 0 Å². The fourth-order valence-corrected chi connectivity index (χ4v) is 2.80. The number of aliphatic hydroxyl groups is 1. The first-order valence-electron chi connectivity index (χ1n) is 6.05. The van der Waals surface area contributed by atoms with E-state index in [9.17, 15) is 13.2 Å². The minimum absolute atomic E-state index is 0.0156. The topological polar surface area (TPSA) is 109 Å². The van der Waals surface area contributed by atoms with E-state index in [0.29, 0.717) is 11.3 Å². The Morgan fingerprint density at radius 2 is 1.81 bits per heavy atom. The lowest BCUT2D eigenvalue weighted by Crippen LogP contribution is -2.14. The number of nitrogens with one attached hydrogen (secondary N) is 1. The second kappa shape index (κ2) is 5.94. The van der Waals surface area contributed by atoms with Crippen molar-refractivity contribution in [2.24, 2.45) is 5.73 Å². The van der Waals surface area contributed by atoms with Crippen molar-refractivity contribution in [2.75, 3.05) is 4.72 Å². The van der Waals surface area contributed by atoms with Gasteiger partial charge in [0, 0.05) is 11.3 Å². The third-order valence-electron chi connectivity index (χ3n) is 2.81. The number of rotatable bonds is 5. The zero-order chi connectivity index (χ0) is 15.5. The Bertz CT molecular complexity index is 755. The maximum Gasteiger partial charge on any atom is 0.261 e. The van der Waals surface area contributed by atoms with Crippen molar-refractivity contribution >= 4 is 21.6 Å². The molecule has 0 aliphatic heterocycles. The summed E-state index contributed by atoms with van der Waals surface area (Å²) in [5, 5.41) is 9.04. The van der Waals surface area contributed by atoms with E-state index >= 15 is 0 Å². The predicted octanol–water partition coefficient (Wildman–Crippen LogP) is 1.08. The molecule has 0 aromatic heterocycles. The molecule has 0 saturated carbocycles. The van der Waals surface area contributed by atoms with Crippen molar-refractivity contribution in [3.05, 3.63) is 59.7 Å². The van der Waals surface area contributed by atoms with Gasteiger partial charge in [-0.25, -0.2) is 8.42 Å². The van der Waals surface area contributed by atoms with Crippen LogP contribution < -0.4 is 10.5 Å². The number of carbonyl (C=O) groups excluding carboxylic acids is 1. The number of amides is 1. The van der Waals surface area contributed by atoms with Gasteiger partial charge in [0.25, 0.3) is 10.0 Å². The van der Waals surface area contributed by atoms with Crippen molar-refractivity contribution in [3.8, 4) is 0 Å². The van der Waals surface area contributed by atoms with Gasteiger partial charge < -0.3 is 10.8 Å². The number of nitrogens with two attached hydrogens (primary N) is 1. The van der Waals surface area contributed by atoms with E-state index in [2.05, 4.69) is 4.72 Å². The molecule has 0 spiro atoms. The van der Waals surface area contributed by atoms with Crippen LogP contribution >= 0.6 is 0 Å². The molecule has 2 rings (SSSR count). The van der Waals surface area contributed by atoms with E-state index in [-0.39, 0.29) is 17.1 Å². The molecule has 4 N–H and O–H groups in total. The van der Waals surface area contributed by atoms with Gasteiger partial charge in [0.2, 0.25) is 5.91 Å². The van der Waals surface area contributed by atoms with Crippen molar-refractivity contribution in [2.45, 2.75) is 11.5 Å². The Hall–Kier alpha value is -2.38. The predicted molar refractivity (Wildman–Crippen MR) is 78.1 cm³/mol. The van der Waals surface area contributed by atoms with E-state index in [1.165, 1.54) is 30.3 Å². The Kier molecular flexibility index (Phi) is 4.25. The number of aliphatic hydroxyl groups excluding tert-OH is 1. The molecule has 110 valence electrons. The number of primary amides is 1. The first-order valence-corrected chi connectivity index (χ1v) is 7.53. The molecule has 2 aromatic carbocycles. The van der Waals surface area contributed by atoms with Gasteiger partial charge in [-0.15, -0.1) is 0 Å². The Morgan fingerprint density at radius 1 is 1.14 bits per heavy atom. The van der Waals surface area contributed by atoms with Crippen LogP contribution in [0.5, 0.6) is 0 Å². The average Bonchev–Trinajstić information content (AvgIpc) is 2.47. The summed E-state index contributed by atoms with van der Waals surface area (Å²) in [6, 6.07) is 11.7. The number of sulfonamides is 1. The molecule has 0 bridgehead atoms. The van der Waals surface area contributed by atoms with Crippen LogP contribution in [0, 0.1) is 0 Å². The van der Waals surface area contributed by atoms with Crippen LogP contribution in [0.15, 0.2) is 53.4 Å². The molecule has 0 heterocycles. The van der Waals surface area contributed by atoms with E-state index in [1.54, 1.807) is 18.2 Å². The first kappa shape index (κ1) is 15.0. The fourth-order valence-electron chi connectivity index (χ4n) is 1.75. The molecule has 21 heavy (non-hydrogen) atoms. The molecule has 0 saturated heterocycles. The van der Waals surface area contributed by atoms with Crippen molar-refractivity contribution in [3.63, 3.8) is 0 Å². The van der Waals surface area contributed by atoms with Crippen molar-refractivity contribution in [1.29, 1.82) is 0 Å². The summed E-state index contributed by atoms with van der Waals surface area (Å²) >= 11 is 0. The molecule has 0 aliphatic carbocycles. The maximum absolute atomic E-state index is 12.2. The van der Waals surface area contributed by atoms with Crippen LogP contribution in [0.25, 0.3) is 0 Å². The van der Waals surface area contributed by atoms with E-state index < -0.39 is 15.9 Å². The van der Waals surface area contributed by atoms with E-state index in [0.717, 1.165) is 0 Å². The third kappa shape index (κ3) is 3.59. The molecule has 0 unspecified atom stereocenters. The largest absolute Gasteiger partial charge is 0.392 e. The van der Waals surface area contributed by atoms with E-state index in [1.807, 2.05) is 0 Å². The van der Waals surface area contributed by atoms with Crippen LogP contribution in [0.1, 0.15) is 15.9 Å². The lowest BCUT2D eigenvalue weighted by Gasteiger charge is -2.09. The summed E-state index contributed by atoms with van der Waals surface area (Å²) in [6.07, 6.45) is 0. The maximum atomic E-state index is 12.2. The second-order valence-corrected chi connectivity index (χ2v) is 6.04. The average molecular weight is 306 g/mol. The molecular weight excluding hydrogens is 292 g/mol. The van der Waals surface area contributed by atoms with Crippen molar-refractivity contribution in [1.82, 2.24) is 0 Å². The minimum atomic E-state index is -3.76. The van der Waals surface area contributed by atoms with Crippen molar-refractivity contribution < 1.29 is 18.3 Å². The number of anilines is 1. The molecule has 0 aliphatic rings.